The summed E-state index contributed by atoms with van der Waals surface area (Å²) in [5, 5.41) is 8.51. The summed E-state index contributed by atoms with van der Waals surface area (Å²) in [5.41, 5.74) is 0. The van der Waals surface area contributed by atoms with Crippen molar-refractivity contribution >= 4 is 0 Å². The van der Waals surface area contributed by atoms with Crippen LogP contribution in [0.25, 0.3) is 0 Å². The van der Waals surface area contributed by atoms with Gasteiger partial charge in [0, 0.05) is 13.0 Å². The van der Waals surface area contributed by atoms with Gasteiger partial charge in [-0.25, -0.2) is 9.13 Å². The molecule has 10 heavy (non-hydrogen) atoms. The van der Waals surface area contributed by atoms with Crippen LogP contribution >= 0.6 is 0 Å². The monoisotopic (exact) mass is 141 g/mol. The van der Waals surface area contributed by atoms with Gasteiger partial charge in [-0.05, 0) is 0 Å². The highest BCUT2D eigenvalue weighted by Crippen LogP contribution is 1.86. The predicted octanol–water partition coefficient (Wildman–Crippen LogP) is -0.305. The Labute approximate surface area is 60.5 Å². The Bertz CT molecular complexity index is 195. The van der Waals surface area contributed by atoms with Crippen LogP contribution in [0.2, 0.25) is 0 Å². The Morgan fingerprint density at radius 2 is 2.40 bits per heavy atom. The van der Waals surface area contributed by atoms with Crippen LogP contribution < -0.4 is 4.57 Å². The lowest BCUT2D eigenvalue weighted by molar-refractivity contribution is -0.671. The zero-order valence-corrected chi connectivity index (χ0v) is 6.20. The quantitative estimate of drug-likeness (QED) is 0.575. The molecule has 0 saturated heterocycles. The van der Waals surface area contributed by atoms with Gasteiger partial charge in [0.05, 0.1) is 13.6 Å². The number of hydrogen-bond acceptors (Lipinski definition) is 1. The Morgan fingerprint density at radius 3 is 2.90 bits per heavy atom. The van der Waals surface area contributed by atoms with Gasteiger partial charge in [-0.2, -0.15) is 0 Å². The third-order valence-corrected chi connectivity index (χ3v) is 1.40. The van der Waals surface area contributed by atoms with Gasteiger partial charge in [0.2, 0.25) is 6.33 Å². The molecule has 1 N–H and O–H groups in total. The third kappa shape index (κ3) is 1.84. The summed E-state index contributed by atoms with van der Waals surface area (Å²) in [5.74, 6) is 0. The maximum absolute atomic E-state index is 8.51. The van der Waals surface area contributed by atoms with Crippen LogP contribution in [0.3, 0.4) is 0 Å². The molecule has 0 aliphatic heterocycles. The molecule has 0 bridgehead atoms. The lowest BCUT2D eigenvalue weighted by atomic mass is 10.4. The fourth-order valence-electron chi connectivity index (χ4n) is 0.887. The fraction of sp³-hybridized carbons (Fsp3) is 0.571. The molecule has 1 aromatic rings. The van der Waals surface area contributed by atoms with Crippen molar-refractivity contribution in [2.75, 3.05) is 6.61 Å². The normalized spacial score (nSPS) is 10.2. The van der Waals surface area contributed by atoms with Crippen LogP contribution in [0.4, 0.5) is 0 Å². The van der Waals surface area contributed by atoms with Crippen LogP contribution in [0, 0.1) is 0 Å². The molecular weight excluding hydrogens is 128 g/mol. The first-order chi connectivity index (χ1) is 4.83. The first-order valence-electron chi connectivity index (χ1n) is 3.45. The van der Waals surface area contributed by atoms with Crippen molar-refractivity contribution in [3.05, 3.63) is 18.7 Å². The minimum Gasteiger partial charge on any atom is -0.396 e. The van der Waals surface area contributed by atoms with E-state index in [4.69, 9.17) is 5.11 Å². The second-order valence-corrected chi connectivity index (χ2v) is 2.39. The lowest BCUT2D eigenvalue weighted by Crippen LogP contribution is -2.23. The van der Waals surface area contributed by atoms with Gasteiger partial charge in [-0.1, -0.05) is 0 Å². The first kappa shape index (κ1) is 7.28. The molecular formula is C7H13N2O+. The van der Waals surface area contributed by atoms with Crippen LogP contribution in [0.5, 0.6) is 0 Å². The summed E-state index contributed by atoms with van der Waals surface area (Å²) in [7, 11) is 1.98. The number of aromatic nitrogens is 2. The van der Waals surface area contributed by atoms with E-state index in [9.17, 15) is 0 Å². The Morgan fingerprint density at radius 1 is 1.60 bits per heavy atom. The lowest BCUT2D eigenvalue weighted by Gasteiger charge is -1.90. The van der Waals surface area contributed by atoms with Gasteiger partial charge in [0.1, 0.15) is 12.4 Å². The van der Waals surface area contributed by atoms with Gasteiger partial charge in [-0.3, -0.25) is 0 Å². The molecule has 0 aliphatic carbocycles. The zero-order valence-electron chi connectivity index (χ0n) is 6.20. The van der Waals surface area contributed by atoms with Gasteiger partial charge < -0.3 is 5.11 Å². The summed E-state index contributed by atoms with van der Waals surface area (Å²) in [6.07, 6.45) is 6.80. The van der Waals surface area contributed by atoms with Crippen LogP contribution in [0.15, 0.2) is 18.7 Å². The zero-order chi connectivity index (χ0) is 7.40. The topological polar surface area (TPSA) is 29.0 Å². The van der Waals surface area contributed by atoms with Crippen LogP contribution in [-0.4, -0.2) is 16.3 Å². The minimum absolute atomic E-state index is 0.266. The molecule has 56 valence electrons. The second kappa shape index (κ2) is 3.37. The van der Waals surface area contributed by atoms with Crippen molar-refractivity contribution in [1.29, 1.82) is 0 Å². The molecule has 3 heteroatoms. The largest absolute Gasteiger partial charge is 0.396 e. The van der Waals surface area contributed by atoms with Crippen molar-refractivity contribution in [2.24, 2.45) is 7.05 Å². The molecule has 0 saturated carbocycles. The predicted molar refractivity (Wildman–Crippen MR) is 37.3 cm³/mol. The minimum atomic E-state index is 0.266. The summed E-state index contributed by atoms with van der Waals surface area (Å²) in [6, 6.07) is 0. The number of aryl methyl sites for hydroxylation is 2. The molecule has 1 aromatic heterocycles. The molecule has 0 aromatic carbocycles. The summed E-state index contributed by atoms with van der Waals surface area (Å²) in [4.78, 5) is 0. The fourth-order valence-corrected chi connectivity index (χ4v) is 0.887. The number of hydrogen-bond donors (Lipinski definition) is 1. The molecule has 3 nitrogen and oxygen atoms in total. The van der Waals surface area contributed by atoms with Crippen LogP contribution in [-0.2, 0) is 13.6 Å². The second-order valence-electron chi connectivity index (χ2n) is 2.39. The van der Waals surface area contributed by atoms with E-state index in [2.05, 4.69) is 4.57 Å². The Hall–Kier alpha value is -0.830. The highest BCUT2D eigenvalue weighted by atomic mass is 16.3. The van der Waals surface area contributed by atoms with E-state index >= 15 is 0 Å². The van der Waals surface area contributed by atoms with Crippen molar-refractivity contribution in [3.63, 3.8) is 0 Å². The summed E-state index contributed by atoms with van der Waals surface area (Å²) >= 11 is 0. The summed E-state index contributed by atoms with van der Waals surface area (Å²) in [6.45, 7) is 1.17. The maximum Gasteiger partial charge on any atom is 0.243 e. The maximum atomic E-state index is 8.51. The van der Waals surface area contributed by atoms with Gasteiger partial charge in [-0.15, -0.1) is 0 Å². The number of aliphatic hydroxyl groups is 1. The molecule has 0 spiro atoms. The van der Waals surface area contributed by atoms with Crippen molar-refractivity contribution in [3.8, 4) is 0 Å². The third-order valence-electron chi connectivity index (χ3n) is 1.40. The molecule has 0 amide bonds. The van der Waals surface area contributed by atoms with Crippen molar-refractivity contribution in [2.45, 2.75) is 13.0 Å². The molecule has 0 unspecified atom stereocenters. The Kier molecular flexibility index (Phi) is 2.45. The smallest absolute Gasteiger partial charge is 0.243 e. The van der Waals surface area contributed by atoms with E-state index in [0.29, 0.717) is 0 Å². The number of imidazole rings is 1. The van der Waals surface area contributed by atoms with E-state index in [0.717, 1.165) is 13.0 Å². The molecule has 0 aliphatic rings. The number of nitrogens with zero attached hydrogens (tertiary/aromatic N) is 2. The SMILES string of the molecule is C[n+]1ccn(CCCO)c1. The van der Waals surface area contributed by atoms with Gasteiger partial charge >= 0.3 is 0 Å². The molecule has 0 fully saturated rings. The average Bonchev–Trinajstić information content (AvgIpc) is 2.31. The molecule has 0 radical (unpaired) electrons. The molecule has 1 heterocycles. The average molecular weight is 141 g/mol. The summed E-state index contributed by atoms with van der Waals surface area (Å²) < 4.78 is 4.04. The standard InChI is InChI=1S/C7H13N2O/c1-8-4-5-9(7-8)3-2-6-10/h4-5,7,10H,2-3,6H2,1H3/q+1. The van der Waals surface area contributed by atoms with Gasteiger partial charge in [0.15, 0.2) is 0 Å². The number of rotatable bonds is 3. The highest BCUT2D eigenvalue weighted by Gasteiger charge is 1.96. The van der Waals surface area contributed by atoms with E-state index in [1.54, 1.807) is 0 Å². The van der Waals surface area contributed by atoms with Gasteiger partial charge in [0.25, 0.3) is 0 Å². The molecule has 1 rings (SSSR count). The van der Waals surface area contributed by atoms with Crippen molar-refractivity contribution < 1.29 is 9.67 Å². The van der Waals surface area contributed by atoms with Crippen molar-refractivity contribution in [1.82, 2.24) is 4.57 Å². The van der Waals surface area contributed by atoms with Crippen LogP contribution in [0.1, 0.15) is 6.42 Å². The Balaban J connectivity index is 2.42. The number of aliphatic hydroxyl groups excluding tert-OH is 1. The highest BCUT2D eigenvalue weighted by molar-refractivity contribution is 4.65. The van der Waals surface area contributed by atoms with E-state index in [1.807, 2.05) is 30.3 Å². The molecule has 0 atom stereocenters. The van der Waals surface area contributed by atoms with E-state index < -0.39 is 0 Å². The van der Waals surface area contributed by atoms with E-state index in [-0.39, 0.29) is 6.61 Å². The van der Waals surface area contributed by atoms with E-state index in [1.165, 1.54) is 0 Å². The first-order valence-corrected chi connectivity index (χ1v) is 3.45.